The van der Waals surface area contributed by atoms with E-state index in [1.54, 1.807) is 18.3 Å². The molecule has 1 rings (SSSR count). The molecule has 0 unspecified atom stereocenters. The molecule has 0 saturated carbocycles. The lowest BCUT2D eigenvalue weighted by atomic mass is 10.2. The van der Waals surface area contributed by atoms with E-state index in [0.29, 0.717) is 18.0 Å². The average Bonchev–Trinajstić information content (AvgIpc) is 2.28. The van der Waals surface area contributed by atoms with Crippen molar-refractivity contribution in [2.75, 3.05) is 6.54 Å². The molecule has 0 spiro atoms. The standard InChI is InChI=1S/C14H19ClN2O2/c1-14(2,3)19-13(18)17-9-5-4-8-12-11(15)7-6-10-16-12/h4,6-8,10H,5,9H2,1-3H3,(H,17,18). The number of ether oxygens (including phenoxy) is 1. The van der Waals surface area contributed by atoms with Gasteiger partial charge in [-0.3, -0.25) is 4.98 Å². The number of hydrogen-bond donors (Lipinski definition) is 1. The van der Waals surface area contributed by atoms with Crippen molar-refractivity contribution < 1.29 is 9.53 Å². The first kappa shape index (κ1) is 15.5. The maximum absolute atomic E-state index is 11.4. The predicted octanol–water partition coefficient (Wildman–Crippen LogP) is 3.66. The van der Waals surface area contributed by atoms with Crippen LogP contribution in [0.3, 0.4) is 0 Å². The minimum absolute atomic E-state index is 0.406. The smallest absolute Gasteiger partial charge is 0.407 e. The molecular weight excluding hydrogens is 264 g/mol. The highest BCUT2D eigenvalue weighted by Crippen LogP contribution is 2.13. The van der Waals surface area contributed by atoms with Gasteiger partial charge in [0.2, 0.25) is 0 Å². The van der Waals surface area contributed by atoms with E-state index in [0.717, 1.165) is 5.69 Å². The Kier molecular flexibility index (Phi) is 5.83. The number of amides is 1. The number of carbonyl (C=O) groups excluding carboxylic acids is 1. The van der Waals surface area contributed by atoms with Crippen LogP contribution in [0.4, 0.5) is 4.79 Å². The van der Waals surface area contributed by atoms with E-state index in [4.69, 9.17) is 16.3 Å². The molecule has 4 nitrogen and oxygen atoms in total. The molecule has 1 amide bonds. The second-order valence-corrected chi connectivity index (χ2v) is 5.40. The van der Waals surface area contributed by atoms with Crippen LogP contribution in [0.1, 0.15) is 32.9 Å². The molecule has 0 bridgehead atoms. The van der Waals surface area contributed by atoms with Crippen molar-refractivity contribution in [3.63, 3.8) is 0 Å². The van der Waals surface area contributed by atoms with Gasteiger partial charge in [0, 0.05) is 12.7 Å². The third-order valence-corrected chi connectivity index (χ3v) is 2.36. The van der Waals surface area contributed by atoms with E-state index in [-0.39, 0.29) is 0 Å². The third-order valence-electron chi connectivity index (χ3n) is 2.04. The van der Waals surface area contributed by atoms with Crippen molar-refractivity contribution in [1.29, 1.82) is 0 Å². The highest BCUT2D eigenvalue weighted by Gasteiger charge is 2.15. The highest BCUT2D eigenvalue weighted by atomic mass is 35.5. The molecule has 1 N–H and O–H groups in total. The summed E-state index contributed by atoms with van der Waals surface area (Å²) in [6, 6.07) is 3.57. The van der Waals surface area contributed by atoms with Gasteiger partial charge in [-0.05, 0) is 45.4 Å². The van der Waals surface area contributed by atoms with Gasteiger partial charge in [-0.25, -0.2) is 4.79 Å². The first-order valence-electron chi connectivity index (χ1n) is 6.12. The minimum Gasteiger partial charge on any atom is -0.444 e. The summed E-state index contributed by atoms with van der Waals surface area (Å²) in [4.78, 5) is 15.5. The van der Waals surface area contributed by atoms with Gasteiger partial charge in [0.1, 0.15) is 5.60 Å². The van der Waals surface area contributed by atoms with Crippen LogP contribution in [-0.2, 0) is 4.74 Å². The number of carbonyl (C=O) groups is 1. The summed E-state index contributed by atoms with van der Waals surface area (Å²) in [5.41, 5.74) is 0.253. The van der Waals surface area contributed by atoms with Crippen LogP contribution in [0.5, 0.6) is 0 Å². The van der Waals surface area contributed by atoms with Gasteiger partial charge in [0.05, 0.1) is 10.7 Å². The molecule has 0 aromatic carbocycles. The number of nitrogens with zero attached hydrogens (tertiary/aromatic N) is 1. The summed E-state index contributed by atoms with van der Waals surface area (Å²) in [6.07, 6.45) is 5.71. The Hall–Kier alpha value is -1.55. The van der Waals surface area contributed by atoms with Crippen molar-refractivity contribution in [1.82, 2.24) is 10.3 Å². The van der Waals surface area contributed by atoms with Crippen molar-refractivity contribution in [2.24, 2.45) is 0 Å². The molecule has 0 aliphatic rings. The summed E-state index contributed by atoms with van der Waals surface area (Å²) in [5.74, 6) is 0. The maximum atomic E-state index is 11.4. The molecule has 0 saturated heterocycles. The third kappa shape index (κ3) is 6.82. The SMILES string of the molecule is CC(C)(C)OC(=O)NCCC=Cc1ncccc1Cl. The number of hydrogen-bond acceptors (Lipinski definition) is 3. The van der Waals surface area contributed by atoms with Crippen molar-refractivity contribution in [3.05, 3.63) is 35.1 Å². The second-order valence-electron chi connectivity index (χ2n) is 4.99. The first-order chi connectivity index (χ1) is 8.88. The molecule has 1 aromatic heterocycles. The minimum atomic E-state index is -0.471. The van der Waals surface area contributed by atoms with Crippen LogP contribution in [0, 0.1) is 0 Å². The van der Waals surface area contributed by atoms with Gasteiger partial charge in [0.25, 0.3) is 0 Å². The first-order valence-corrected chi connectivity index (χ1v) is 6.50. The quantitative estimate of drug-likeness (QED) is 0.858. The second kappa shape index (κ2) is 7.14. The number of nitrogens with one attached hydrogen (secondary N) is 1. The number of aromatic nitrogens is 1. The van der Waals surface area contributed by atoms with Gasteiger partial charge in [0.15, 0.2) is 0 Å². The Morgan fingerprint density at radius 3 is 2.89 bits per heavy atom. The number of alkyl carbamates (subject to hydrolysis) is 1. The Morgan fingerprint density at radius 2 is 2.26 bits per heavy atom. The lowest BCUT2D eigenvalue weighted by Crippen LogP contribution is -2.32. The van der Waals surface area contributed by atoms with Crippen LogP contribution in [-0.4, -0.2) is 23.2 Å². The fraction of sp³-hybridized carbons (Fsp3) is 0.429. The Balaban J connectivity index is 2.28. The summed E-state index contributed by atoms with van der Waals surface area (Å²) >= 11 is 5.96. The number of pyridine rings is 1. The average molecular weight is 283 g/mol. The number of rotatable bonds is 4. The summed E-state index contributed by atoms with van der Waals surface area (Å²) < 4.78 is 5.11. The zero-order valence-electron chi connectivity index (χ0n) is 11.4. The fourth-order valence-corrected chi connectivity index (χ4v) is 1.47. The van der Waals surface area contributed by atoms with Gasteiger partial charge in [-0.1, -0.05) is 17.7 Å². The van der Waals surface area contributed by atoms with Crippen molar-refractivity contribution in [2.45, 2.75) is 32.8 Å². The van der Waals surface area contributed by atoms with E-state index in [1.165, 1.54) is 0 Å². The van der Waals surface area contributed by atoms with E-state index in [9.17, 15) is 4.79 Å². The molecule has 0 fully saturated rings. The van der Waals surface area contributed by atoms with Crippen LogP contribution >= 0.6 is 11.6 Å². The fourth-order valence-electron chi connectivity index (χ4n) is 1.29. The lowest BCUT2D eigenvalue weighted by Gasteiger charge is -2.19. The highest BCUT2D eigenvalue weighted by molar-refractivity contribution is 6.31. The molecule has 1 heterocycles. The zero-order chi connectivity index (χ0) is 14.3. The van der Waals surface area contributed by atoms with Crippen LogP contribution in [0.2, 0.25) is 5.02 Å². The summed E-state index contributed by atoms with van der Waals surface area (Å²) in [7, 11) is 0. The van der Waals surface area contributed by atoms with Crippen molar-refractivity contribution in [3.8, 4) is 0 Å². The molecule has 1 aromatic rings. The van der Waals surface area contributed by atoms with E-state index < -0.39 is 11.7 Å². The Labute approximate surface area is 118 Å². The van der Waals surface area contributed by atoms with Gasteiger partial charge in [-0.2, -0.15) is 0 Å². The Morgan fingerprint density at radius 1 is 1.53 bits per heavy atom. The summed E-state index contributed by atoms with van der Waals surface area (Å²) in [6.45, 7) is 6.00. The van der Waals surface area contributed by atoms with Gasteiger partial charge >= 0.3 is 6.09 Å². The molecule has 0 atom stereocenters. The molecule has 0 aliphatic carbocycles. The molecule has 0 aliphatic heterocycles. The molecule has 5 heteroatoms. The zero-order valence-corrected chi connectivity index (χ0v) is 12.2. The van der Waals surface area contributed by atoms with E-state index >= 15 is 0 Å². The summed E-state index contributed by atoms with van der Waals surface area (Å²) in [5, 5.41) is 3.28. The van der Waals surface area contributed by atoms with Gasteiger partial charge < -0.3 is 10.1 Å². The normalized spacial score (nSPS) is 11.6. The largest absolute Gasteiger partial charge is 0.444 e. The van der Waals surface area contributed by atoms with Crippen LogP contribution in [0.25, 0.3) is 6.08 Å². The van der Waals surface area contributed by atoms with Gasteiger partial charge in [-0.15, -0.1) is 0 Å². The van der Waals surface area contributed by atoms with Crippen molar-refractivity contribution >= 4 is 23.8 Å². The molecule has 0 radical (unpaired) electrons. The molecule has 19 heavy (non-hydrogen) atoms. The lowest BCUT2D eigenvalue weighted by molar-refractivity contribution is 0.0529. The van der Waals surface area contributed by atoms with E-state index in [2.05, 4.69) is 10.3 Å². The maximum Gasteiger partial charge on any atom is 0.407 e. The predicted molar refractivity (Wildman–Crippen MR) is 77.1 cm³/mol. The Bertz CT molecular complexity index is 453. The number of halogens is 1. The topological polar surface area (TPSA) is 51.2 Å². The van der Waals surface area contributed by atoms with E-state index in [1.807, 2.05) is 32.9 Å². The molecule has 104 valence electrons. The monoisotopic (exact) mass is 282 g/mol. The van der Waals surface area contributed by atoms with Crippen LogP contribution < -0.4 is 5.32 Å². The van der Waals surface area contributed by atoms with Crippen LogP contribution in [0.15, 0.2) is 24.4 Å². The molecular formula is C14H19ClN2O2.